The predicted octanol–water partition coefficient (Wildman–Crippen LogP) is 5.74. The van der Waals surface area contributed by atoms with E-state index in [-0.39, 0.29) is 5.41 Å². The molecule has 6 atom stereocenters. The van der Waals surface area contributed by atoms with E-state index >= 15 is 0 Å². The van der Waals surface area contributed by atoms with Crippen LogP contribution in [0.3, 0.4) is 0 Å². The maximum atomic E-state index is 12.5. The van der Waals surface area contributed by atoms with Crippen molar-refractivity contribution in [3.05, 3.63) is 11.6 Å². The fourth-order valence-electron chi connectivity index (χ4n) is 6.88. The number of fused-ring (bicyclic) bond motifs is 5. The van der Waals surface area contributed by atoms with Crippen LogP contribution in [0.1, 0.15) is 65.2 Å². The Balaban J connectivity index is 1.57. The zero-order chi connectivity index (χ0) is 18.0. The van der Waals surface area contributed by atoms with Gasteiger partial charge in [0.15, 0.2) is 8.32 Å². The van der Waals surface area contributed by atoms with Crippen LogP contribution in [0.2, 0.25) is 19.6 Å². The highest BCUT2D eigenvalue weighted by Crippen LogP contribution is 2.63. The van der Waals surface area contributed by atoms with E-state index in [0.717, 1.165) is 25.2 Å². The molecule has 0 aromatic carbocycles. The fraction of sp³-hybridized carbons (Fsp3) is 0.864. The van der Waals surface area contributed by atoms with Crippen molar-refractivity contribution in [2.75, 3.05) is 0 Å². The Morgan fingerprint density at radius 1 is 1.08 bits per heavy atom. The van der Waals surface area contributed by atoms with E-state index in [9.17, 15) is 4.79 Å². The largest absolute Gasteiger partial charge is 0.415 e. The summed E-state index contributed by atoms with van der Waals surface area (Å²) in [6.07, 6.45) is 12.4. The molecular weight excluding hydrogens is 324 g/mol. The molecule has 0 aromatic heterocycles. The van der Waals surface area contributed by atoms with Crippen molar-refractivity contribution in [2.45, 2.75) is 91.0 Å². The van der Waals surface area contributed by atoms with Crippen LogP contribution in [0.5, 0.6) is 0 Å². The van der Waals surface area contributed by atoms with Crippen molar-refractivity contribution < 1.29 is 9.22 Å². The molecule has 0 bridgehead atoms. The summed E-state index contributed by atoms with van der Waals surface area (Å²) in [5.74, 6) is 2.62. The first-order chi connectivity index (χ1) is 11.6. The van der Waals surface area contributed by atoms with Crippen molar-refractivity contribution in [3.63, 3.8) is 0 Å². The first kappa shape index (κ1) is 18.0. The quantitative estimate of drug-likeness (QED) is 0.464. The van der Waals surface area contributed by atoms with Gasteiger partial charge in [-0.2, -0.15) is 0 Å². The highest BCUT2D eigenvalue weighted by atomic mass is 28.4. The first-order valence-corrected chi connectivity index (χ1v) is 14.0. The van der Waals surface area contributed by atoms with Gasteiger partial charge in [0.25, 0.3) is 0 Å². The van der Waals surface area contributed by atoms with Crippen LogP contribution in [0.25, 0.3) is 0 Å². The molecule has 0 amide bonds. The number of ketones is 1. The van der Waals surface area contributed by atoms with Crippen LogP contribution in [0.15, 0.2) is 11.6 Å². The van der Waals surface area contributed by atoms with E-state index in [0.29, 0.717) is 29.1 Å². The molecule has 3 fully saturated rings. The molecule has 25 heavy (non-hydrogen) atoms. The Kier molecular flexibility index (Phi) is 4.16. The Bertz CT molecular complexity index is 604. The zero-order valence-electron chi connectivity index (χ0n) is 16.9. The van der Waals surface area contributed by atoms with Crippen molar-refractivity contribution in [2.24, 2.45) is 28.6 Å². The summed E-state index contributed by atoms with van der Waals surface area (Å²) in [4.78, 5) is 12.5. The third kappa shape index (κ3) is 2.81. The lowest BCUT2D eigenvalue weighted by molar-refractivity contribution is -0.127. The number of Topliss-reactive ketones (excluding diaryl/α,β-unsaturated/α-hetero) is 1. The van der Waals surface area contributed by atoms with Crippen LogP contribution >= 0.6 is 0 Å². The van der Waals surface area contributed by atoms with E-state index in [1.54, 1.807) is 5.57 Å². The lowest BCUT2D eigenvalue weighted by atomic mass is 9.49. The standard InChI is InChI=1S/C22H36O2Si/c1-21-12-10-16(24-25(3,4)5)14-15(21)6-7-17-18-8-9-20(23)22(18,2)13-11-19(17)21/h11,15-18H,6-10,12-14H2,1-5H3. The maximum Gasteiger partial charge on any atom is 0.184 e. The Labute approximate surface area is 154 Å². The number of carbonyl (C=O) groups excluding carboxylic acids is 1. The van der Waals surface area contributed by atoms with E-state index in [2.05, 4.69) is 39.6 Å². The van der Waals surface area contributed by atoms with Gasteiger partial charge in [0.2, 0.25) is 0 Å². The molecule has 0 aromatic rings. The number of allylic oxidation sites excluding steroid dienone is 2. The lowest BCUT2D eigenvalue weighted by Gasteiger charge is -2.56. The van der Waals surface area contributed by atoms with E-state index in [1.807, 2.05) is 0 Å². The molecule has 6 unspecified atom stereocenters. The van der Waals surface area contributed by atoms with Crippen LogP contribution in [0.4, 0.5) is 0 Å². The molecular formula is C22H36O2Si. The van der Waals surface area contributed by atoms with Crippen molar-refractivity contribution in [3.8, 4) is 0 Å². The van der Waals surface area contributed by atoms with Crippen LogP contribution in [-0.4, -0.2) is 20.2 Å². The molecule has 4 aliphatic carbocycles. The Hall–Kier alpha value is -0.413. The molecule has 140 valence electrons. The second kappa shape index (κ2) is 5.79. The molecule has 0 aliphatic heterocycles. The fourth-order valence-corrected chi connectivity index (χ4v) is 8.09. The van der Waals surface area contributed by atoms with Gasteiger partial charge >= 0.3 is 0 Å². The highest BCUT2D eigenvalue weighted by molar-refractivity contribution is 6.69. The molecule has 0 N–H and O–H groups in total. The van der Waals surface area contributed by atoms with Gasteiger partial charge in [-0.25, -0.2) is 0 Å². The molecule has 4 aliphatic rings. The van der Waals surface area contributed by atoms with Gasteiger partial charge < -0.3 is 4.43 Å². The summed E-state index contributed by atoms with van der Waals surface area (Å²) >= 11 is 0. The molecule has 3 saturated carbocycles. The van der Waals surface area contributed by atoms with Gasteiger partial charge in [-0.3, -0.25) is 4.79 Å². The highest BCUT2D eigenvalue weighted by Gasteiger charge is 2.57. The molecule has 2 nitrogen and oxygen atoms in total. The van der Waals surface area contributed by atoms with Crippen LogP contribution in [-0.2, 0) is 9.22 Å². The normalized spacial score (nSPS) is 46.9. The SMILES string of the molecule is CC12CCC(O[Si](C)(C)C)CC1CCC1C2=CCC2(C)C(=O)CCC12. The van der Waals surface area contributed by atoms with Gasteiger partial charge in [-0.05, 0) is 87.8 Å². The lowest BCUT2D eigenvalue weighted by Crippen LogP contribution is -2.49. The smallest absolute Gasteiger partial charge is 0.184 e. The first-order valence-electron chi connectivity index (χ1n) is 10.6. The molecule has 4 rings (SSSR count). The van der Waals surface area contributed by atoms with Gasteiger partial charge in [0.05, 0.1) is 0 Å². The Morgan fingerprint density at radius 3 is 2.56 bits per heavy atom. The average Bonchev–Trinajstić information content (AvgIpc) is 2.82. The summed E-state index contributed by atoms with van der Waals surface area (Å²) in [5, 5.41) is 0. The van der Waals surface area contributed by atoms with Gasteiger partial charge in [0, 0.05) is 17.9 Å². The molecule has 0 spiro atoms. The van der Waals surface area contributed by atoms with E-state index in [4.69, 9.17) is 4.43 Å². The predicted molar refractivity (Wildman–Crippen MR) is 105 cm³/mol. The molecule has 0 heterocycles. The molecule has 3 heteroatoms. The number of carbonyl (C=O) groups is 1. The number of rotatable bonds is 2. The average molecular weight is 361 g/mol. The van der Waals surface area contributed by atoms with E-state index < -0.39 is 8.32 Å². The summed E-state index contributed by atoms with van der Waals surface area (Å²) < 4.78 is 6.48. The van der Waals surface area contributed by atoms with Crippen molar-refractivity contribution >= 4 is 14.1 Å². The second-order valence-electron chi connectivity index (χ2n) is 10.8. The van der Waals surface area contributed by atoms with Gasteiger partial charge in [-0.15, -0.1) is 0 Å². The van der Waals surface area contributed by atoms with Crippen LogP contribution < -0.4 is 0 Å². The van der Waals surface area contributed by atoms with Crippen LogP contribution in [0, 0.1) is 28.6 Å². The minimum absolute atomic E-state index is 0.0461. The third-order valence-electron chi connectivity index (χ3n) is 8.21. The summed E-state index contributed by atoms with van der Waals surface area (Å²) in [6, 6.07) is 0. The topological polar surface area (TPSA) is 26.3 Å². The molecule has 0 saturated heterocycles. The minimum Gasteiger partial charge on any atom is -0.415 e. The molecule has 0 radical (unpaired) electrons. The summed E-state index contributed by atoms with van der Waals surface area (Å²) in [6.45, 7) is 11.8. The Morgan fingerprint density at radius 2 is 1.84 bits per heavy atom. The number of hydrogen-bond acceptors (Lipinski definition) is 2. The van der Waals surface area contributed by atoms with Gasteiger partial charge in [-0.1, -0.05) is 25.5 Å². The minimum atomic E-state index is -1.45. The zero-order valence-corrected chi connectivity index (χ0v) is 17.9. The second-order valence-corrected chi connectivity index (χ2v) is 15.2. The van der Waals surface area contributed by atoms with Gasteiger partial charge in [0.1, 0.15) is 5.78 Å². The third-order valence-corrected chi connectivity index (χ3v) is 9.25. The van der Waals surface area contributed by atoms with Crippen molar-refractivity contribution in [1.82, 2.24) is 0 Å². The monoisotopic (exact) mass is 360 g/mol. The van der Waals surface area contributed by atoms with E-state index in [1.165, 1.54) is 32.1 Å². The summed E-state index contributed by atoms with van der Waals surface area (Å²) in [5.41, 5.74) is 2.07. The van der Waals surface area contributed by atoms with Crippen molar-refractivity contribution in [1.29, 1.82) is 0 Å². The summed E-state index contributed by atoms with van der Waals surface area (Å²) in [7, 11) is -1.45. The maximum absolute atomic E-state index is 12.5. The number of hydrogen-bond donors (Lipinski definition) is 0.